The number of anilines is 1. The van der Waals surface area contributed by atoms with Crippen LogP contribution in [-0.4, -0.2) is 21.9 Å². The first kappa shape index (κ1) is 17.6. The van der Waals surface area contributed by atoms with Crippen LogP contribution in [0.4, 0.5) is 5.13 Å². The van der Waals surface area contributed by atoms with Gasteiger partial charge in [-0.2, -0.15) is 0 Å². The second kappa shape index (κ2) is 7.37. The lowest BCUT2D eigenvalue weighted by Crippen LogP contribution is -2.15. The van der Waals surface area contributed by atoms with Gasteiger partial charge < -0.3 is 4.42 Å². The molecule has 25 heavy (non-hydrogen) atoms. The summed E-state index contributed by atoms with van der Waals surface area (Å²) < 4.78 is 6.44. The van der Waals surface area contributed by atoms with Gasteiger partial charge in [0.15, 0.2) is 15.5 Å². The van der Waals surface area contributed by atoms with Gasteiger partial charge in [0.25, 0.3) is 5.91 Å². The van der Waals surface area contributed by atoms with E-state index in [0.29, 0.717) is 16.1 Å². The Bertz CT molecular complexity index is 994. The van der Waals surface area contributed by atoms with E-state index in [1.54, 1.807) is 17.8 Å². The summed E-state index contributed by atoms with van der Waals surface area (Å²) >= 11 is 2.89. The second-order valence-electron chi connectivity index (χ2n) is 5.61. The van der Waals surface area contributed by atoms with Crippen molar-refractivity contribution < 1.29 is 9.21 Å². The Balaban J connectivity index is 1.87. The molecule has 2 heterocycles. The number of aryl methyl sites for hydroxylation is 2. The number of nitrogens with one attached hydrogen (secondary N) is 1. The molecule has 1 aromatic carbocycles. The van der Waals surface area contributed by atoms with E-state index in [1.807, 2.05) is 19.9 Å². The zero-order valence-electron chi connectivity index (χ0n) is 14.1. The van der Waals surface area contributed by atoms with E-state index in [2.05, 4.69) is 22.4 Å². The van der Waals surface area contributed by atoms with Crippen LogP contribution in [0.5, 0.6) is 0 Å². The number of amides is 1. The summed E-state index contributed by atoms with van der Waals surface area (Å²) in [6, 6.07) is 4.88. The third-order valence-corrected chi connectivity index (χ3v) is 5.63. The lowest BCUT2D eigenvalue weighted by molar-refractivity contribution is 0.0997. The molecule has 0 radical (unpaired) electrons. The Kier molecular flexibility index (Phi) is 5.19. The average Bonchev–Trinajstić information content (AvgIpc) is 2.99. The van der Waals surface area contributed by atoms with Crippen LogP contribution in [-0.2, 0) is 0 Å². The Morgan fingerprint density at radius 2 is 2.08 bits per heavy atom. The highest BCUT2D eigenvalue weighted by Gasteiger charge is 2.16. The zero-order valence-corrected chi connectivity index (χ0v) is 15.7. The highest BCUT2D eigenvalue weighted by Crippen LogP contribution is 2.26. The van der Waals surface area contributed by atoms with Crippen molar-refractivity contribution in [3.05, 3.63) is 45.3 Å². The molecule has 0 aliphatic heterocycles. The second-order valence-corrected chi connectivity index (χ2v) is 7.93. The number of aromatic nitrogens is 2. The van der Waals surface area contributed by atoms with E-state index in [9.17, 15) is 9.59 Å². The third kappa shape index (κ3) is 3.91. The molecule has 0 fully saturated rings. The molecular weight excluding hydrogens is 358 g/mol. The van der Waals surface area contributed by atoms with E-state index in [4.69, 9.17) is 4.42 Å². The van der Waals surface area contributed by atoms with Gasteiger partial charge in [0.2, 0.25) is 5.13 Å². The normalized spacial score (nSPS) is 11.0. The predicted molar refractivity (Wildman–Crippen MR) is 101 cm³/mol. The summed E-state index contributed by atoms with van der Waals surface area (Å²) in [6.45, 7) is 5.85. The Hall–Kier alpha value is -2.19. The molecule has 0 unspecified atom stereocenters. The highest BCUT2D eigenvalue weighted by atomic mass is 32.2. The van der Waals surface area contributed by atoms with Crippen molar-refractivity contribution >= 4 is 45.1 Å². The summed E-state index contributed by atoms with van der Waals surface area (Å²) in [5, 5.41) is 11.5. The molecule has 0 aliphatic carbocycles. The van der Waals surface area contributed by atoms with Crippen molar-refractivity contribution in [1.29, 1.82) is 0 Å². The van der Waals surface area contributed by atoms with Crippen molar-refractivity contribution in [3.63, 3.8) is 0 Å². The van der Waals surface area contributed by atoms with Gasteiger partial charge in [-0.15, -0.1) is 10.2 Å². The topological polar surface area (TPSA) is 85.1 Å². The number of carbonyl (C=O) groups is 1. The minimum atomic E-state index is -0.513. The van der Waals surface area contributed by atoms with Gasteiger partial charge in [0.1, 0.15) is 5.58 Å². The van der Waals surface area contributed by atoms with Crippen LogP contribution in [0.1, 0.15) is 35.0 Å². The maximum Gasteiger partial charge on any atom is 0.293 e. The molecule has 6 nitrogen and oxygen atoms in total. The van der Waals surface area contributed by atoms with Crippen LogP contribution in [0, 0.1) is 13.8 Å². The molecule has 3 aromatic rings. The summed E-state index contributed by atoms with van der Waals surface area (Å²) in [5.41, 5.74) is 1.97. The smallest absolute Gasteiger partial charge is 0.293 e. The molecule has 0 aliphatic rings. The van der Waals surface area contributed by atoms with Gasteiger partial charge in [0.05, 0.1) is 5.39 Å². The third-order valence-electron chi connectivity index (χ3n) is 3.45. The van der Waals surface area contributed by atoms with Crippen molar-refractivity contribution in [1.82, 2.24) is 10.2 Å². The molecule has 0 saturated carbocycles. The number of rotatable bonds is 5. The molecule has 1 N–H and O–H groups in total. The zero-order chi connectivity index (χ0) is 18.0. The van der Waals surface area contributed by atoms with Crippen LogP contribution in [0.2, 0.25) is 0 Å². The molecule has 0 atom stereocenters. The fourth-order valence-corrected chi connectivity index (χ4v) is 4.11. The summed E-state index contributed by atoms with van der Waals surface area (Å²) in [5.74, 6) is 0.391. The number of fused-ring (bicyclic) bond motifs is 1. The highest BCUT2D eigenvalue weighted by molar-refractivity contribution is 8.01. The standard InChI is InChI=1S/C17H17N3O3S2/c1-4-5-24-17-20-19-16(25-17)18-15(22)13-8-11(21)14-10(3)6-9(2)7-12(14)23-13/h6-8H,4-5H2,1-3H3,(H,18,19,22). The van der Waals surface area contributed by atoms with Gasteiger partial charge in [-0.25, -0.2) is 0 Å². The molecule has 8 heteroatoms. The Morgan fingerprint density at radius 1 is 1.28 bits per heavy atom. The SMILES string of the molecule is CCCSc1nnc(NC(=O)c2cc(=O)c3c(C)cc(C)cc3o2)s1. The largest absolute Gasteiger partial charge is 0.451 e. The molecule has 0 saturated heterocycles. The number of hydrogen-bond donors (Lipinski definition) is 1. The van der Waals surface area contributed by atoms with E-state index in [1.165, 1.54) is 17.4 Å². The summed E-state index contributed by atoms with van der Waals surface area (Å²) in [7, 11) is 0. The van der Waals surface area contributed by atoms with Gasteiger partial charge in [-0.05, 0) is 37.5 Å². The first-order valence-electron chi connectivity index (χ1n) is 7.80. The van der Waals surface area contributed by atoms with Crippen LogP contribution in [0.15, 0.2) is 31.8 Å². The molecule has 3 rings (SSSR count). The predicted octanol–water partition coefficient (Wildman–Crippen LogP) is 4.02. The Labute approximate surface area is 152 Å². The van der Waals surface area contributed by atoms with Crippen LogP contribution in [0.25, 0.3) is 11.0 Å². The van der Waals surface area contributed by atoms with Crippen molar-refractivity contribution in [2.75, 3.05) is 11.1 Å². The lowest BCUT2D eigenvalue weighted by atomic mass is 10.1. The number of carbonyl (C=O) groups excluding carboxylic acids is 1. The van der Waals surface area contributed by atoms with Crippen LogP contribution < -0.4 is 10.7 Å². The number of thioether (sulfide) groups is 1. The van der Waals surface area contributed by atoms with Crippen LogP contribution >= 0.6 is 23.1 Å². The summed E-state index contributed by atoms with van der Waals surface area (Å²) in [6.07, 6.45) is 1.03. The van der Waals surface area contributed by atoms with Crippen molar-refractivity contribution in [2.24, 2.45) is 0 Å². The lowest BCUT2D eigenvalue weighted by Gasteiger charge is -2.05. The van der Waals surface area contributed by atoms with E-state index < -0.39 is 5.91 Å². The van der Waals surface area contributed by atoms with Gasteiger partial charge in [-0.3, -0.25) is 14.9 Å². The quantitative estimate of drug-likeness (QED) is 0.536. The average molecular weight is 375 g/mol. The van der Waals surface area contributed by atoms with Crippen molar-refractivity contribution in [2.45, 2.75) is 31.5 Å². The number of hydrogen-bond acceptors (Lipinski definition) is 7. The number of nitrogens with zero attached hydrogens (tertiary/aromatic N) is 2. The van der Waals surface area contributed by atoms with E-state index in [-0.39, 0.29) is 11.2 Å². The molecule has 0 spiro atoms. The van der Waals surface area contributed by atoms with Gasteiger partial charge in [0, 0.05) is 11.8 Å². The first-order chi connectivity index (χ1) is 12.0. The first-order valence-corrected chi connectivity index (χ1v) is 9.61. The molecule has 130 valence electrons. The van der Waals surface area contributed by atoms with E-state index >= 15 is 0 Å². The minimum Gasteiger partial charge on any atom is -0.451 e. The van der Waals surface area contributed by atoms with E-state index in [0.717, 1.165) is 27.6 Å². The maximum absolute atomic E-state index is 12.4. The fraction of sp³-hybridized carbons (Fsp3) is 0.294. The minimum absolute atomic E-state index is 0.0412. The monoisotopic (exact) mass is 375 g/mol. The maximum atomic E-state index is 12.4. The van der Waals surface area contributed by atoms with Crippen molar-refractivity contribution in [3.8, 4) is 0 Å². The Morgan fingerprint density at radius 3 is 2.84 bits per heavy atom. The molecule has 2 aromatic heterocycles. The summed E-state index contributed by atoms with van der Waals surface area (Å²) in [4.78, 5) is 24.7. The molecule has 0 bridgehead atoms. The van der Waals surface area contributed by atoms with Crippen LogP contribution in [0.3, 0.4) is 0 Å². The fourth-order valence-electron chi connectivity index (χ4n) is 2.44. The number of benzene rings is 1. The van der Waals surface area contributed by atoms with Gasteiger partial charge >= 0.3 is 0 Å². The molecular formula is C17H17N3O3S2. The van der Waals surface area contributed by atoms with Gasteiger partial charge in [-0.1, -0.05) is 36.1 Å². The molecule has 1 amide bonds.